The minimum atomic E-state index is 0.127. The summed E-state index contributed by atoms with van der Waals surface area (Å²) in [6, 6.07) is 12.3. The van der Waals surface area contributed by atoms with Crippen molar-refractivity contribution >= 4 is 17.3 Å². The predicted molar refractivity (Wildman–Crippen MR) is 97.3 cm³/mol. The van der Waals surface area contributed by atoms with Crippen molar-refractivity contribution in [1.29, 1.82) is 0 Å². The molecule has 2 aromatic carbocycles. The second-order valence-electron chi connectivity index (χ2n) is 6.26. The minimum Gasteiger partial charge on any atom is -0.493 e. The van der Waals surface area contributed by atoms with Gasteiger partial charge >= 0.3 is 0 Å². The van der Waals surface area contributed by atoms with Gasteiger partial charge in [0.2, 0.25) is 0 Å². The van der Waals surface area contributed by atoms with Crippen LogP contribution in [0.3, 0.4) is 0 Å². The summed E-state index contributed by atoms with van der Waals surface area (Å²) in [6.45, 7) is 0. The molecule has 0 saturated heterocycles. The number of benzene rings is 2. The van der Waals surface area contributed by atoms with E-state index < -0.39 is 0 Å². The van der Waals surface area contributed by atoms with E-state index in [1.165, 1.54) is 5.56 Å². The number of para-hydroxylation sites is 2. The number of rotatable bonds is 3. The van der Waals surface area contributed by atoms with E-state index in [0.29, 0.717) is 11.8 Å². The summed E-state index contributed by atoms with van der Waals surface area (Å²) in [5, 5.41) is 4.43. The second kappa shape index (κ2) is 6.06. The highest BCUT2D eigenvalue weighted by molar-refractivity contribution is 6.33. The molecule has 24 heavy (non-hydrogen) atoms. The van der Waals surface area contributed by atoms with Crippen molar-refractivity contribution in [3.8, 4) is 11.5 Å². The zero-order chi connectivity index (χ0) is 16.7. The molecule has 1 N–H and O–H groups in total. The highest BCUT2D eigenvalue weighted by atomic mass is 35.5. The van der Waals surface area contributed by atoms with Gasteiger partial charge in [0, 0.05) is 11.5 Å². The van der Waals surface area contributed by atoms with Gasteiger partial charge in [0.05, 0.1) is 31.0 Å². The van der Waals surface area contributed by atoms with Crippen LogP contribution in [-0.4, -0.2) is 14.2 Å². The van der Waals surface area contributed by atoms with E-state index in [0.717, 1.165) is 34.2 Å². The van der Waals surface area contributed by atoms with E-state index in [4.69, 9.17) is 21.1 Å². The molecule has 4 heteroatoms. The maximum absolute atomic E-state index is 6.48. The van der Waals surface area contributed by atoms with Gasteiger partial charge < -0.3 is 14.8 Å². The maximum Gasteiger partial charge on any atom is 0.165 e. The summed E-state index contributed by atoms with van der Waals surface area (Å²) in [5.41, 5.74) is 3.42. The van der Waals surface area contributed by atoms with Gasteiger partial charge in [-0.05, 0) is 30.0 Å². The van der Waals surface area contributed by atoms with Gasteiger partial charge in [-0.3, -0.25) is 0 Å². The van der Waals surface area contributed by atoms with Crippen molar-refractivity contribution in [2.24, 2.45) is 5.92 Å². The van der Waals surface area contributed by atoms with Gasteiger partial charge in [-0.1, -0.05) is 48.0 Å². The molecule has 0 aromatic heterocycles. The Labute approximate surface area is 147 Å². The van der Waals surface area contributed by atoms with Crippen LogP contribution in [0.15, 0.2) is 48.6 Å². The van der Waals surface area contributed by atoms with Crippen LogP contribution < -0.4 is 14.8 Å². The van der Waals surface area contributed by atoms with Crippen molar-refractivity contribution in [2.45, 2.75) is 18.4 Å². The van der Waals surface area contributed by atoms with Crippen LogP contribution in [0.1, 0.15) is 29.5 Å². The van der Waals surface area contributed by atoms with Gasteiger partial charge in [0.25, 0.3) is 0 Å². The lowest BCUT2D eigenvalue weighted by atomic mass is 9.77. The molecular formula is C20H20ClNO2. The number of halogens is 1. The van der Waals surface area contributed by atoms with E-state index in [1.807, 2.05) is 24.3 Å². The predicted octanol–water partition coefficient (Wildman–Crippen LogP) is 5.18. The first-order valence-corrected chi connectivity index (χ1v) is 8.55. The van der Waals surface area contributed by atoms with Gasteiger partial charge in [-0.15, -0.1) is 0 Å². The quantitative estimate of drug-likeness (QED) is 0.780. The molecule has 0 fully saturated rings. The van der Waals surface area contributed by atoms with Crippen LogP contribution >= 0.6 is 11.6 Å². The molecule has 124 valence electrons. The van der Waals surface area contributed by atoms with Gasteiger partial charge in [0.15, 0.2) is 11.5 Å². The molecule has 1 aliphatic carbocycles. The van der Waals surface area contributed by atoms with Crippen molar-refractivity contribution in [3.05, 3.63) is 64.7 Å². The largest absolute Gasteiger partial charge is 0.493 e. The molecule has 0 spiro atoms. The lowest BCUT2D eigenvalue weighted by molar-refractivity contribution is 0.341. The first kappa shape index (κ1) is 15.4. The van der Waals surface area contributed by atoms with E-state index in [2.05, 4.69) is 29.6 Å². The molecule has 0 unspecified atom stereocenters. The third-order valence-electron chi connectivity index (χ3n) is 5.11. The summed E-state index contributed by atoms with van der Waals surface area (Å²) < 4.78 is 11.1. The van der Waals surface area contributed by atoms with Gasteiger partial charge in [0.1, 0.15) is 0 Å². The Kier molecular flexibility index (Phi) is 3.89. The number of anilines is 1. The van der Waals surface area contributed by atoms with Crippen molar-refractivity contribution < 1.29 is 9.47 Å². The van der Waals surface area contributed by atoms with E-state index >= 15 is 0 Å². The van der Waals surface area contributed by atoms with Crippen LogP contribution in [-0.2, 0) is 0 Å². The Morgan fingerprint density at radius 1 is 1.04 bits per heavy atom. The Bertz CT molecular complexity index is 802. The third kappa shape index (κ3) is 2.27. The second-order valence-corrected chi connectivity index (χ2v) is 6.67. The fourth-order valence-corrected chi connectivity index (χ4v) is 4.28. The number of hydrogen-bond donors (Lipinski definition) is 1. The molecular weight excluding hydrogens is 322 g/mol. The molecule has 0 radical (unpaired) electrons. The molecule has 2 aliphatic rings. The highest BCUT2D eigenvalue weighted by Crippen LogP contribution is 2.53. The molecule has 2 aromatic rings. The third-order valence-corrected chi connectivity index (χ3v) is 5.43. The Balaban J connectivity index is 1.85. The fraction of sp³-hybridized carbons (Fsp3) is 0.300. The number of fused-ring (bicyclic) bond motifs is 3. The van der Waals surface area contributed by atoms with E-state index in [-0.39, 0.29) is 6.04 Å². The zero-order valence-corrected chi connectivity index (χ0v) is 14.5. The summed E-state index contributed by atoms with van der Waals surface area (Å²) >= 11 is 6.48. The molecule has 1 heterocycles. The molecule has 4 rings (SSSR count). The summed E-state index contributed by atoms with van der Waals surface area (Å²) in [4.78, 5) is 0. The molecule has 3 atom stereocenters. The van der Waals surface area contributed by atoms with Crippen LogP contribution in [0.5, 0.6) is 11.5 Å². The lowest BCUT2D eigenvalue weighted by Crippen LogP contribution is -2.29. The van der Waals surface area contributed by atoms with Crippen molar-refractivity contribution in [2.75, 3.05) is 19.5 Å². The topological polar surface area (TPSA) is 30.5 Å². The smallest absolute Gasteiger partial charge is 0.165 e. The van der Waals surface area contributed by atoms with Gasteiger partial charge in [-0.2, -0.15) is 0 Å². The first-order valence-electron chi connectivity index (χ1n) is 8.17. The average Bonchev–Trinajstić information content (AvgIpc) is 3.10. The average molecular weight is 342 g/mol. The standard InChI is InChI=1S/C20H20ClNO2/c1-23-17-11-5-9-15(20(17)24-2)18-13-7-3-6-12(13)14-8-4-10-16(21)19(14)22-18/h3-6,8-13,18,22H,7H2,1-2H3/t12-,13+,18-/m1/s1. The number of methoxy groups -OCH3 is 2. The first-order chi connectivity index (χ1) is 11.7. The SMILES string of the molecule is COc1cccc([C@@H]2Nc3c(Cl)cccc3[C@@H]3C=CC[C@@H]32)c1OC. The van der Waals surface area contributed by atoms with E-state index in [9.17, 15) is 0 Å². The monoisotopic (exact) mass is 341 g/mol. The van der Waals surface area contributed by atoms with Crippen LogP contribution in [0.25, 0.3) is 0 Å². The minimum absolute atomic E-state index is 0.127. The zero-order valence-electron chi connectivity index (χ0n) is 13.8. The Morgan fingerprint density at radius 2 is 1.83 bits per heavy atom. The summed E-state index contributed by atoms with van der Waals surface area (Å²) in [5.74, 6) is 2.36. The molecule has 0 amide bonds. The van der Waals surface area contributed by atoms with E-state index in [1.54, 1.807) is 14.2 Å². The number of hydrogen-bond acceptors (Lipinski definition) is 3. The lowest BCUT2D eigenvalue weighted by Gasteiger charge is -2.38. The maximum atomic E-state index is 6.48. The number of ether oxygens (including phenoxy) is 2. The van der Waals surface area contributed by atoms with Crippen LogP contribution in [0, 0.1) is 5.92 Å². The van der Waals surface area contributed by atoms with Crippen molar-refractivity contribution in [3.63, 3.8) is 0 Å². The molecule has 0 saturated carbocycles. The number of nitrogens with one attached hydrogen (secondary N) is 1. The van der Waals surface area contributed by atoms with Crippen molar-refractivity contribution in [1.82, 2.24) is 0 Å². The van der Waals surface area contributed by atoms with Crippen LogP contribution in [0.2, 0.25) is 5.02 Å². The fourth-order valence-electron chi connectivity index (χ4n) is 4.05. The van der Waals surface area contributed by atoms with Gasteiger partial charge in [-0.25, -0.2) is 0 Å². The summed E-state index contributed by atoms with van der Waals surface area (Å²) in [6.07, 6.45) is 5.61. The highest BCUT2D eigenvalue weighted by Gasteiger charge is 2.39. The molecule has 1 aliphatic heterocycles. The Morgan fingerprint density at radius 3 is 2.62 bits per heavy atom. The Hall–Kier alpha value is -2.13. The molecule has 3 nitrogen and oxygen atoms in total. The normalized spacial score (nSPS) is 24.0. The summed E-state index contributed by atoms with van der Waals surface area (Å²) in [7, 11) is 3.36. The number of allylic oxidation sites excluding steroid dienone is 2. The van der Waals surface area contributed by atoms with Crippen LogP contribution in [0.4, 0.5) is 5.69 Å². The molecule has 0 bridgehead atoms.